The minimum Gasteiger partial charge on any atom is -0.377 e. The van der Waals surface area contributed by atoms with E-state index in [1.54, 1.807) is 0 Å². The number of halogens is 1. The van der Waals surface area contributed by atoms with E-state index in [0.717, 1.165) is 18.9 Å². The number of hydrogen-bond acceptors (Lipinski definition) is 5. The van der Waals surface area contributed by atoms with E-state index in [0.29, 0.717) is 31.9 Å². The molecule has 1 saturated carbocycles. The first-order chi connectivity index (χ1) is 10.9. The highest BCUT2D eigenvalue weighted by Gasteiger charge is 2.41. The summed E-state index contributed by atoms with van der Waals surface area (Å²) < 4.78 is 14.5. The lowest BCUT2D eigenvalue weighted by Gasteiger charge is -2.38. The number of rotatable bonds is 4. The number of piperazine rings is 1. The van der Waals surface area contributed by atoms with Crippen LogP contribution in [0.25, 0.3) is 0 Å². The van der Waals surface area contributed by atoms with Crippen molar-refractivity contribution in [2.45, 2.75) is 25.8 Å². The fourth-order valence-electron chi connectivity index (χ4n) is 3.10. The molecule has 124 valence electrons. The molecule has 3 rings (SSSR count). The van der Waals surface area contributed by atoms with Gasteiger partial charge < -0.3 is 10.6 Å². The maximum absolute atomic E-state index is 14.6. The molecule has 0 radical (unpaired) electrons. The van der Waals surface area contributed by atoms with E-state index < -0.39 is 10.7 Å². The van der Waals surface area contributed by atoms with Gasteiger partial charge in [-0.1, -0.05) is 0 Å². The first-order valence-electron chi connectivity index (χ1n) is 7.78. The Kier molecular flexibility index (Phi) is 4.03. The zero-order valence-corrected chi connectivity index (χ0v) is 13.0. The van der Waals surface area contributed by atoms with Crippen molar-refractivity contribution in [3.63, 3.8) is 0 Å². The maximum atomic E-state index is 14.6. The molecule has 1 aromatic rings. The Balaban J connectivity index is 2.09. The predicted octanol–water partition coefficient (Wildman–Crippen LogP) is 1.77. The van der Waals surface area contributed by atoms with Gasteiger partial charge in [-0.3, -0.25) is 10.1 Å². The van der Waals surface area contributed by atoms with Crippen LogP contribution in [0.1, 0.15) is 19.8 Å². The molecule has 0 atom stereocenters. The van der Waals surface area contributed by atoms with Gasteiger partial charge in [-0.25, -0.2) is 13.7 Å². The van der Waals surface area contributed by atoms with Crippen molar-refractivity contribution in [3.8, 4) is 0 Å². The largest absolute Gasteiger partial charge is 0.377 e. The molecule has 0 bridgehead atoms. The lowest BCUT2D eigenvalue weighted by atomic mass is 10.1. The number of quaternary nitrogens is 1. The van der Waals surface area contributed by atoms with Crippen LogP contribution in [-0.4, -0.2) is 43.1 Å². The van der Waals surface area contributed by atoms with Crippen molar-refractivity contribution in [2.24, 2.45) is 0 Å². The maximum Gasteiger partial charge on any atom is 0.315 e. The second kappa shape index (κ2) is 5.86. The molecule has 1 aliphatic heterocycles. The number of benzene rings is 1. The third-order valence-corrected chi connectivity index (χ3v) is 4.60. The summed E-state index contributed by atoms with van der Waals surface area (Å²) in [6, 6.07) is 2.59. The second-order valence-corrected chi connectivity index (χ2v) is 6.18. The number of carbonyl (C=O) groups excluding carboxylic acids is 1. The number of hydrogen-bond donors (Lipinski definition) is 2. The summed E-state index contributed by atoms with van der Waals surface area (Å²) in [6.07, 6.45) is 1.89. The molecule has 0 aromatic heterocycles. The molecule has 1 aromatic carbocycles. The molecule has 1 aliphatic carbocycles. The molecule has 0 spiro atoms. The van der Waals surface area contributed by atoms with Crippen molar-refractivity contribution in [1.82, 2.24) is 9.80 Å². The number of nitro benzene ring substituents is 1. The van der Waals surface area contributed by atoms with Gasteiger partial charge in [0.05, 0.1) is 17.9 Å². The molecule has 7 nitrogen and oxygen atoms in total. The van der Waals surface area contributed by atoms with Gasteiger partial charge in [0.1, 0.15) is 18.8 Å². The Morgan fingerprint density at radius 2 is 2.04 bits per heavy atom. The summed E-state index contributed by atoms with van der Waals surface area (Å²) in [5.41, 5.74) is 0.230. The van der Waals surface area contributed by atoms with Crippen LogP contribution in [0.3, 0.4) is 0 Å². The summed E-state index contributed by atoms with van der Waals surface area (Å²) >= 11 is 0. The highest BCUT2D eigenvalue weighted by atomic mass is 19.1. The zero-order valence-electron chi connectivity index (χ0n) is 13.0. The van der Waals surface area contributed by atoms with E-state index in [4.69, 9.17) is 0 Å². The molecule has 2 N–H and O–H groups in total. The second-order valence-electron chi connectivity index (χ2n) is 6.18. The Morgan fingerprint density at radius 1 is 1.39 bits per heavy atom. The van der Waals surface area contributed by atoms with Crippen molar-refractivity contribution < 1.29 is 14.1 Å². The van der Waals surface area contributed by atoms with Gasteiger partial charge in [0.2, 0.25) is 0 Å². The van der Waals surface area contributed by atoms with Gasteiger partial charge in [0.15, 0.2) is 11.5 Å². The quantitative estimate of drug-likeness (QED) is 0.501. The number of amides is 1. The molecular formula is C15H20FN4O3+. The van der Waals surface area contributed by atoms with Crippen molar-refractivity contribution in [2.75, 3.05) is 31.5 Å². The van der Waals surface area contributed by atoms with E-state index in [1.807, 2.05) is 0 Å². The smallest absolute Gasteiger partial charge is 0.315 e. The highest BCUT2D eigenvalue weighted by Crippen LogP contribution is 2.38. The van der Waals surface area contributed by atoms with Crippen molar-refractivity contribution in [3.05, 3.63) is 28.1 Å². The summed E-state index contributed by atoms with van der Waals surface area (Å²) in [7, 11) is 0. The number of anilines is 1. The van der Waals surface area contributed by atoms with E-state index >= 15 is 0 Å². The fourth-order valence-corrected chi connectivity index (χ4v) is 3.10. The van der Waals surface area contributed by atoms with Gasteiger partial charge in [0.25, 0.3) is 5.69 Å². The number of carbonyl (C=O) groups is 1. The van der Waals surface area contributed by atoms with Gasteiger partial charge >= 0.3 is 5.91 Å². The first kappa shape index (κ1) is 15.8. The van der Waals surface area contributed by atoms with Gasteiger partial charge in [-0.2, -0.15) is 0 Å². The summed E-state index contributed by atoms with van der Waals surface area (Å²) in [6.45, 7) is 3.52. The molecule has 23 heavy (non-hydrogen) atoms. The third kappa shape index (κ3) is 2.91. The minimum atomic E-state index is -0.699. The normalized spacial score (nSPS) is 20.1. The third-order valence-electron chi connectivity index (χ3n) is 4.60. The monoisotopic (exact) mass is 323 g/mol. The highest BCUT2D eigenvalue weighted by molar-refractivity contribution is 5.88. The Hall–Kier alpha value is -2.06. The van der Waals surface area contributed by atoms with E-state index in [2.05, 4.69) is 10.6 Å². The molecular weight excluding hydrogens is 303 g/mol. The van der Waals surface area contributed by atoms with E-state index in [-0.39, 0.29) is 27.8 Å². The predicted molar refractivity (Wildman–Crippen MR) is 84.8 cm³/mol. The lowest BCUT2D eigenvalue weighted by Crippen LogP contribution is -2.62. The Bertz CT molecular complexity index is 654. The summed E-state index contributed by atoms with van der Waals surface area (Å²) in [4.78, 5) is 22.9. The molecule has 1 heterocycles. The van der Waals surface area contributed by atoms with Crippen LogP contribution < -0.4 is 15.1 Å². The number of nitrogens with one attached hydrogen (secondary N) is 2. The Labute approximate surface area is 133 Å². The van der Waals surface area contributed by atoms with Gasteiger partial charge in [0, 0.05) is 25.2 Å². The zero-order chi connectivity index (χ0) is 16.6. The van der Waals surface area contributed by atoms with E-state index in [1.165, 1.54) is 13.0 Å². The fraction of sp³-hybridized carbons (Fsp3) is 0.533. The van der Waals surface area contributed by atoms with Crippen LogP contribution >= 0.6 is 0 Å². The first-order valence-corrected chi connectivity index (χ1v) is 7.78. The average molecular weight is 323 g/mol. The van der Waals surface area contributed by atoms with Gasteiger partial charge in [-0.05, 0) is 12.8 Å². The minimum absolute atomic E-state index is 0.115. The van der Waals surface area contributed by atoms with Crippen LogP contribution in [0, 0.1) is 15.9 Å². The topological polar surface area (TPSA) is 84.3 Å². The lowest BCUT2D eigenvalue weighted by molar-refractivity contribution is -0.384. The molecule has 2 fully saturated rings. The molecule has 1 saturated heterocycles. The molecule has 0 unspecified atom stereocenters. The van der Waals surface area contributed by atoms with Crippen LogP contribution in [0.5, 0.6) is 0 Å². The van der Waals surface area contributed by atoms with E-state index in [9.17, 15) is 19.3 Å². The molecule has 2 aliphatic rings. The average Bonchev–Trinajstić information content (AvgIpc) is 3.33. The van der Waals surface area contributed by atoms with Crippen molar-refractivity contribution >= 4 is 23.0 Å². The summed E-state index contributed by atoms with van der Waals surface area (Å²) in [5.74, 6) is -0.855. The Morgan fingerprint density at radius 3 is 2.57 bits per heavy atom. The molecule has 8 heteroatoms. The van der Waals surface area contributed by atoms with Crippen LogP contribution in [0.4, 0.5) is 21.5 Å². The molecule has 1 amide bonds. The van der Waals surface area contributed by atoms with Crippen LogP contribution in [-0.2, 0) is 4.79 Å². The van der Waals surface area contributed by atoms with Crippen LogP contribution in [0.15, 0.2) is 12.1 Å². The van der Waals surface area contributed by atoms with Crippen molar-refractivity contribution in [1.29, 1.82) is 0 Å². The van der Waals surface area contributed by atoms with Gasteiger partial charge in [-0.15, -0.1) is 0 Å². The SMILES string of the molecule is CC(=O)[N+]1(c2cc(NC3CC3)c([N+](=O)[O-])cc2F)CCNCC1. The number of nitrogens with zero attached hydrogens (tertiary/aromatic N) is 2. The van der Waals surface area contributed by atoms with Crippen LogP contribution in [0.2, 0.25) is 0 Å². The summed E-state index contributed by atoms with van der Waals surface area (Å²) in [5, 5.41) is 17.4. The number of nitro groups is 1. The standard InChI is InChI=1S/C15H20FN4O3/c1-10(21)20(6-4-17-5-7-20)15-9-13(18-11-2-3-11)14(19(22)23)8-12(15)16/h8-9,11,17-18H,2-7H2,1H3/q+1.